The summed E-state index contributed by atoms with van der Waals surface area (Å²) in [5.41, 5.74) is -0.124. The number of fused-ring (bicyclic) bond motifs is 1. The first-order valence-corrected chi connectivity index (χ1v) is 8.41. The highest BCUT2D eigenvalue weighted by molar-refractivity contribution is 7.13. The van der Waals surface area contributed by atoms with Crippen LogP contribution in [0.5, 0.6) is 0 Å². The molecule has 7 nitrogen and oxygen atoms in total. The summed E-state index contributed by atoms with van der Waals surface area (Å²) in [5, 5.41) is 2.23. The molecular weight excluding hydrogens is 356 g/mol. The number of imide groups is 1. The second kappa shape index (κ2) is 6.08. The molecule has 1 aliphatic heterocycles. The van der Waals surface area contributed by atoms with Crippen LogP contribution in [-0.2, 0) is 4.84 Å². The van der Waals surface area contributed by atoms with E-state index in [0.29, 0.717) is 10.8 Å². The summed E-state index contributed by atoms with van der Waals surface area (Å²) in [6.07, 6.45) is 0. The van der Waals surface area contributed by atoms with E-state index in [0.717, 1.165) is 4.88 Å². The molecule has 0 atom stereocenters. The van der Waals surface area contributed by atoms with E-state index in [1.54, 1.807) is 18.2 Å². The number of rotatable bonds is 3. The molecule has 0 fully saturated rings. The molecule has 26 heavy (non-hydrogen) atoms. The molecule has 1 N–H and O–H groups in total. The van der Waals surface area contributed by atoms with Gasteiger partial charge in [0.1, 0.15) is 5.56 Å². The minimum absolute atomic E-state index is 0.146. The van der Waals surface area contributed by atoms with Crippen LogP contribution in [0.25, 0.3) is 10.6 Å². The van der Waals surface area contributed by atoms with Gasteiger partial charge in [-0.1, -0.05) is 23.3 Å². The Hall–Kier alpha value is -3.52. The van der Waals surface area contributed by atoms with Gasteiger partial charge in [-0.3, -0.25) is 14.4 Å². The van der Waals surface area contributed by atoms with Gasteiger partial charge in [-0.2, -0.15) is 0 Å². The molecule has 4 rings (SSSR count). The van der Waals surface area contributed by atoms with Crippen LogP contribution in [0.15, 0.2) is 58.7 Å². The van der Waals surface area contributed by atoms with Crippen LogP contribution in [0, 0.1) is 0 Å². The third-order valence-electron chi connectivity index (χ3n) is 3.85. The van der Waals surface area contributed by atoms with Gasteiger partial charge in [0, 0.05) is 0 Å². The standard InChI is InChI=1S/C18H10N2O5S/c21-15-12(7-8-13(19-15)14-6-3-9-26-14)18(24)25-20-16(22)10-4-1-2-5-11(10)17(20)23/h1-9H,(H,19,21). The number of pyridine rings is 1. The third-order valence-corrected chi connectivity index (χ3v) is 4.75. The van der Waals surface area contributed by atoms with Crippen LogP contribution in [0.2, 0.25) is 0 Å². The van der Waals surface area contributed by atoms with Gasteiger partial charge >= 0.3 is 5.97 Å². The van der Waals surface area contributed by atoms with Crippen LogP contribution in [0.4, 0.5) is 0 Å². The summed E-state index contributed by atoms with van der Waals surface area (Å²) in [6.45, 7) is 0. The van der Waals surface area contributed by atoms with Crippen LogP contribution in [-0.4, -0.2) is 27.8 Å². The lowest BCUT2D eigenvalue weighted by molar-refractivity contribution is -0.0585. The van der Waals surface area contributed by atoms with Gasteiger partial charge in [-0.05, 0) is 35.7 Å². The summed E-state index contributed by atoms with van der Waals surface area (Å²) in [5.74, 6) is -2.57. The number of amides is 2. The summed E-state index contributed by atoms with van der Waals surface area (Å²) < 4.78 is 0. The molecule has 0 unspecified atom stereocenters. The normalized spacial score (nSPS) is 13.0. The predicted molar refractivity (Wildman–Crippen MR) is 92.7 cm³/mol. The highest BCUT2D eigenvalue weighted by Crippen LogP contribution is 2.24. The number of nitrogens with zero attached hydrogens (tertiary/aromatic N) is 1. The molecule has 2 aromatic heterocycles. The number of benzene rings is 1. The van der Waals surface area contributed by atoms with E-state index in [9.17, 15) is 19.2 Å². The molecule has 0 saturated heterocycles. The molecule has 1 aromatic carbocycles. The number of nitrogens with one attached hydrogen (secondary N) is 1. The van der Waals surface area contributed by atoms with Gasteiger partial charge in [0.25, 0.3) is 17.4 Å². The number of hydrogen-bond acceptors (Lipinski definition) is 6. The quantitative estimate of drug-likeness (QED) is 0.718. The Morgan fingerprint density at radius 1 is 0.923 bits per heavy atom. The van der Waals surface area contributed by atoms with Crippen LogP contribution in [0.1, 0.15) is 31.1 Å². The number of aromatic amines is 1. The second-order valence-electron chi connectivity index (χ2n) is 5.42. The van der Waals surface area contributed by atoms with Crippen LogP contribution in [0.3, 0.4) is 0 Å². The molecule has 0 saturated carbocycles. The average Bonchev–Trinajstić information content (AvgIpc) is 3.26. The van der Waals surface area contributed by atoms with E-state index in [4.69, 9.17) is 4.84 Å². The Bertz CT molecular complexity index is 1070. The summed E-state index contributed by atoms with van der Waals surface area (Å²) in [7, 11) is 0. The Kier molecular flexibility index (Phi) is 3.74. The Morgan fingerprint density at radius 3 is 2.19 bits per heavy atom. The summed E-state index contributed by atoms with van der Waals surface area (Å²) >= 11 is 1.43. The molecular formula is C18H10N2O5S. The molecule has 0 bridgehead atoms. The SMILES string of the molecule is O=C(ON1C(=O)c2ccccc2C1=O)c1ccc(-c2cccs2)[nH]c1=O. The van der Waals surface area contributed by atoms with Crippen molar-refractivity contribution in [3.63, 3.8) is 0 Å². The smallest absolute Gasteiger partial charge is 0.324 e. The second-order valence-corrected chi connectivity index (χ2v) is 6.37. The van der Waals surface area contributed by atoms with Gasteiger partial charge in [-0.15, -0.1) is 11.3 Å². The summed E-state index contributed by atoms with van der Waals surface area (Å²) in [4.78, 5) is 57.2. The van der Waals surface area contributed by atoms with E-state index in [1.165, 1.54) is 29.5 Å². The van der Waals surface area contributed by atoms with Crippen molar-refractivity contribution in [2.24, 2.45) is 0 Å². The maximum atomic E-state index is 12.3. The molecule has 128 valence electrons. The first-order chi connectivity index (χ1) is 12.6. The van der Waals surface area contributed by atoms with E-state index in [-0.39, 0.29) is 16.7 Å². The number of carbonyl (C=O) groups is 3. The van der Waals surface area contributed by atoms with Gasteiger partial charge in [0.15, 0.2) is 0 Å². The fraction of sp³-hybridized carbons (Fsp3) is 0. The largest absolute Gasteiger partial charge is 0.369 e. The topological polar surface area (TPSA) is 96.5 Å². The van der Waals surface area contributed by atoms with Crippen molar-refractivity contribution in [1.29, 1.82) is 0 Å². The number of H-pyrrole nitrogens is 1. The molecule has 3 heterocycles. The lowest BCUT2D eigenvalue weighted by Gasteiger charge is -2.12. The van der Waals surface area contributed by atoms with Crippen molar-refractivity contribution in [3.8, 4) is 10.6 Å². The van der Waals surface area contributed by atoms with Crippen molar-refractivity contribution in [1.82, 2.24) is 10.0 Å². The van der Waals surface area contributed by atoms with E-state index < -0.39 is 23.3 Å². The Balaban J connectivity index is 1.59. The number of aromatic nitrogens is 1. The summed E-state index contributed by atoms with van der Waals surface area (Å²) in [6, 6.07) is 12.7. The van der Waals surface area contributed by atoms with E-state index in [2.05, 4.69) is 4.98 Å². The van der Waals surface area contributed by atoms with E-state index >= 15 is 0 Å². The van der Waals surface area contributed by atoms with Gasteiger partial charge in [-0.25, -0.2) is 4.79 Å². The van der Waals surface area contributed by atoms with Crippen molar-refractivity contribution in [3.05, 3.63) is 81.0 Å². The van der Waals surface area contributed by atoms with Crippen molar-refractivity contribution in [2.75, 3.05) is 0 Å². The maximum Gasteiger partial charge on any atom is 0.369 e. The van der Waals surface area contributed by atoms with Crippen LogP contribution >= 0.6 is 11.3 Å². The zero-order valence-corrected chi connectivity index (χ0v) is 13.9. The van der Waals surface area contributed by atoms with Gasteiger partial charge < -0.3 is 9.82 Å². The van der Waals surface area contributed by atoms with Crippen molar-refractivity contribution in [2.45, 2.75) is 0 Å². The Labute approximate surface area is 150 Å². The molecule has 2 amide bonds. The fourth-order valence-electron chi connectivity index (χ4n) is 2.59. The predicted octanol–water partition coefficient (Wildman–Crippen LogP) is 2.47. The number of thiophene rings is 1. The minimum atomic E-state index is -1.08. The average molecular weight is 366 g/mol. The maximum absolute atomic E-state index is 12.3. The molecule has 3 aromatic rings. The number of hydroxylamine groups is 2. The monoisotopic (exact) mass is 366 g/mol. The van der Waals surface area contributed by atoms with Crippen molar-refractivity contribution < 1.29 is 19.2 Å². The molecule has 8 heteroatoms. The zero-order chi connectivity index (χ0) is 18.3. The molecule has 0 spiro atoms. The fourth-order valence-corrected chi connectivity index (χ4v) is 3.30. The molecule has 0 aliphatic carbocycles. The lowest BCUT2D eigenvalue weighted by Crippen LogP contribution is -2.34. The van der Waals surface area contributed by atoms with E-state index in [1.807, 2.05) is 17.5 Å². The van der Waals surface area contributed by atoms with Crippen LogP contribution < -0.4 is 5.56 Å². The third kappa shape index (κ3) is 2.52. The first-order valence-electron chi connectivity index (χ1n) is 7.53. The first kappa shape index (κ1) is 16.0. The number of carbonyl (C=O) groups excluding carboxylic acids is 3. The molecule has 1 aliphatic rings. The highest BCUT2D eigenvalue weighted by Gasteiger charge is 2.39. The van der Waals surface area contributed by atoms with Gasteiger partial charge in [0.05, 0.1) is 21.7 Å². The zero-order valence-electron chi connectivity index (χ0n) is 13.1. The molecule has 0 radical (unpaired) electrons. The lowest BCUT2D eigenvalue weighted by atomic mass is 10.1. The highest BCUT2D eigenvalue weighted by atomic mass is 32.1. The minimum Gasteiger partial charge on any atom is -0.324 e. The Morgan fingerprint density at radius 2 is 1.62 bits per heavy atom. The van der Waals surface area contributed by atoms with Gasteiger partial charge in [0.2, 0.25) is 0 Å². The number of hydrogen-bond donors (Lipinski definition) is 1. The van der Waals surface area contributed by atoms with Crippen molar-refractivity contribution >= 4 is 29.1 Å².